The highest BCUT2D eigenvalue weighted by Crippen LogP contribution is 2.13. The lowest BCUT2D eigenvalue weighted by Crippen LogP contribution is -2.21. The van der Waals surface area contributed by atoms with Crippen LogP contribution >= 0.6 is 15.9 Å². The lowest BCUT2D eigenvalue weighted by molar-refractivity contribution is -0.116. The highest BCUT2D eigenvalue weighted by Gasteiger charge is 2.04. The molecule has 0 aliphatic heterocycles. The standard InChI is InChI=1S/C20H18BrN3O/c21-19-8-3-5-16(13-19)9-10-20(25)22-14-17-6-1-2-7-18(17)15-24-12-4-11-23-24/h1-13H,14-15H2,(H,22,25)/b10-9+. The van der Waals surface area contributed by atoms with E-state index < -0.39 is 0 Å². The molecule has 0 atom stereocenters. The van der Waals surface area contributed by atoms with Gasteiger partial charge in [0.05, 0.1) is 6.54 Å². The number of halogens is 1. The summed E-state index contributed by atoms with van der Waals surface area (Å²) in [5, 5.41) is 7.17. The molecule has 1 amide bonds. The zero-order chi connectivity index (χ0) is 17.5. The number of rotatable bonds is 6. The fraction of sp³-hybridized carbons (Fsp3) is 0.100. The number of benzene rings is 2. The molecule has 3 rings (SSSR count). The highest BCUT2D eigenvalue weighted by molar-refractivity contribution is 9.10. The molecule has 5 heteroatoms. The molecule has 4 nitrogen and oxygen atoms in total. The van der Waals surface area contributed by atoms with E-state index in [2.05, 4.69) is 32.4 Å². The van der Waals surface area contributed by atoms with E-state index in [9.17, 15) is 4.79 Å². The Hall–Kier alpha value is -2.66. The van der Waals surface area contributed by atoms with E-state index in [1.807, 2.05) is 59.4 Å². The molecule has 0 aliphatic rings. The Morgan fingerprint density at radius 2 is 1.96 bits per heavy atom. The summed E-state index contributed by atoms with van der Waals surface area (Å²) in [6.07, 6.45) is 7.04. The number of hydrogen-bond donors (Lipinski definition) is 1. The van der Waals surface area contributed by atoms with E-state index in [4.69, 9.17) is 0 Å². The average molecular weight is 396 g/mol. The minimum absolute atomic E-state index is 0.117. The van der Waals surface area contributed by atoms with Crippen LogP contribution in [0, 0.1) is 0 Å². The van der Waals surface area contributed by atoms with Crippen LogP contribution in [0.2, 0.25) is 0 Å². The van der Waals surface area contributed by atoms with Crippen molar-refractivity contribution < 1.29 is 4.79 Å². The SMILES string of the molecule is O=C(/C=C/c1cccc(Br)c1)NCc1ccccc1Cn1cccn1. The summed E-state index contributed by atoms with van der Waals surface area (Å²) in [5.74, 6) is -0.117. The lowest BCUT2D eigenvalue weighted by atomic mass is 10.1. The van der Waals surface area contributed by atoms with Crippen LogP contribution in [-0.2, 0) is 17.9 Å². The second-order valence-corrected chi connectivity index (χ2v) is 6.49. The fourth-order valence-corrected chi connectivity index (χ4v) is 2.89. The van der Waals surface area contributed by atoms with Gasteiger partial charge in [-0.3, -0.25) is 9.48 Å². The molecule has 0 saturated heterocycles. The molecular weight excluding hydrogens is 378 g/mol. The molecule has 0 bridgehead atoms. The number of carbonyl (C=O) groups excluding carboxylic acids is 1. The van der Waals surface area contributed by atoms with Gasteiger partial charge in [-0.05, 0) is 41.0 Å². The van der Waals surface area contributed by atoms with Crippen molar-refractivity contribution in [3.05, 3.63) is 94.2 Å². The summed E-state index contributed by atoms with van der Waals surface area (Å²) in [5.41, 5.74) is 3.20. The highest BCUT2D eigenvalue weighted by atomic mass is 79.9. The number of aromatic nitrogens is 2. The van der Waals surface area contributed by atoms with Crippen molar-refractivity contribution in [1.82, 2.24) is 15.1 Å². The molecule has 3 aromatic rings. The summed E-state index contributed by atoms with van der Waals surface area (Å²) >= 11 is 3.42. The van der Waals surface area contributed by atoms with Gasteiger partial charge in [-0.2, -0.15) is 5.10 Å². The Bertz CT molecular complexity index is 872. The molecule has 0 aliphatic carbocycles. The van der Waals surface area contributed by atoms with Crippen molar-refractivity contribution in [1.29, 1.82) is 0 Å². The van der Waals surface area contributed by atoms with Crippen molar-refractivity contribution in [2.45, 2.75) is 13.1 Å². The van der Waals surface area contributed by atoms with Crippen molar-refractivity contribution in [3.63, 3.8) is 0 Å². The van der Waals surface area contributed by atoms with E-state index in [1.165, 1.54) is 0 Å². The van der Waals surface area contributed by atoms with Gasteiger partial charge in [0, 0.05) is 29.5 Å². The van der Waals surface area contributed by atoms with Crippen LogP contribution in [0.4, 0.5) is 0 Å². The predicted molar refractivity (Wildman–Crippen MR) is 103 cm³/mol. The van der Waals surface area contributed by atoms with Crippen LogP contribution in [0.1, 0.15) is 16.7 Å². The Morgan fingerprint density at radius 3 is 2.72 bits per heavy atom. The van der Waals surface area contributed by atoms with E-state index in [1.54, 1.807) is 18.3 Å². The zero-order valence-corrected chi connectivity index (χ0v) is 15.2. The largest absolute Gasteiger partial charge is 0.348 e. The molecule has 2 aromatic carbocycles. The maximum absolute atomic E-state index is 12.1. The van der Waals surface area contributed by atoms with Gasteiger partial charge in [-0.25, -0.2) is 0 Å². The number of carbonyl (C=O) groups is 1. The van der Waals surface area contributed by atoms with Crippen LogP contribution in [0.25, 0.3) is 6.08 Å². The van der Waals surface area contributed by atoms with Crippen LogP contribution in [0.5, 0.6) is 0 Å². The molecular formula is C20H18BrN3O. The molecule has 1 aromatic heterocycles. The van der Waals surface area contributed by atoms with E-state index in [0.29, 0.717) is 13.1 Å². The van der Waals surface area contributed by atoms with E-state index in [0.717, 1.165) is 21.2 Å². The van der Waals surface area contributed by atoms with Gasteiger partial charge in [0.1, 0.15) is 0 Å². The van der Waals surface area contributed by atoms with Gasteiger partial charge < -0.3 is 5.32 Å². The minimum Gasteiger partial charge on any atom is -0.348 e. The normalized spacial score (nSPS) is 10.9. The molecule has 25 heavy (non-hydrogen) atoms. The summed E-state index contributed by atoms with van der Waals surface area (Å²) in [6.45, 7) is 1.17. The van der Waals surface area contributed by atoms with Gasteiger partial charge in [-0.1, -0.05) is 52.3 Å². The van der Waals surface area contributed by atoms with Crippen LogP contribution in [0.15, 0.2) is 77.5 Å². The first-order valence-electron chi connectivity index (χ1n) is 7.96. The van der Waals surface area contributed by atoms with Gasteiger partial charge in [0.25, 0.3) is 0 Å². The van der Waals surface area contributed by atoms with Gasteiger partial charge in [-0.15, -0.1) is 0 Å². The third-order valence-electron chi connectivity index (χ3n) is 3.74. The van der Waals surface area contributed by atoms with Crippen molar-refractivity contribution in [2.75, 3.05) is 0 Å². The average Bonchev–Trinajstić information content (AvgIpc) is 3.12. The third kappa shape index (κ3) is 5.16. The number of nitrogens with zero attached hydrogens (tertiary/aromatic N) is 2. The topological polar surface area (TPSA) is 46.9 Å². The Morgan fingerprint density at radius 1 is 1.12 bits per heavy atom. The van der Waals surface area contributed by atoms with Crippen molar-refractivity contribution in [2.24, 2.45) is 0 Å². The van der Waals surface area contributed by atoms with Gasteiger partial charge in [0.2, 0.25) is 5.91 Å². The first kappa shape index (κ1) is 17.2. The first-order valence-corrected chi connectivity index (χ1v) is 8.76. The number of nitrogens with one attached hydrogen (secondary N) is 1. The molecule has 1 N–H and O–H groups in total. The molecule has 0 radical (unpaired) electrons. The fourth-order valence-electron chi connectivity index (χ4n) is 2.48. The predicted octanol–water partition coefficient (Wildman–Crippen LogP) is 4.02. The molecule has 0 fully saturated rings. The molecule has 0 spiro atoms. The smallest absolute Gasteiger partial charge is 0.244 e. The summed E-state index contributed by atoms with van der Waals surface area (Å²) < 4.78 is 2.86. The second kappa shape index (κ2) is 8.44. The molecule has 0 saturated carbocycles. The Kier molecular flexibility index (Phi) is 5.80. The van der Waals surface area contributed by atoms with Crippen molar-refractivity contribution >= 4 is 27.9 Å². The van der Waals surface area contributed by atoms with Gasteiger partial charge in [0.15, 0.2) is 0 Å². The van der Waals surface area contributed by atoms with Crippen LogP contribution < -0.4 is 5.32 Å². The van der Waals surface area contributed by atoms with E-state index >= 15 is 0 Å². The van der Waals surface area contributed by atoms with Crippen LogP contribution in [-0.4, -0.2) is 15.7 Å². The lowest BCUT2D eigenvalue weighted by Gasteiger charge is -2.10. The molecule has 1 heterocycles. The number of hydrogen-bond acceptors (Lipinski definition) is 2. The number of amides is 1. The molecule has 126 valence electrons. The van der Waals surface area contributed by atoms with Gasteiger partial charge >= 0.3 is 0 Å². The summed E-state index contributed by atoms with van der Waals surface area (Å²) in [7, 11) is 0. The summed E-state index contributed by atoms with van der Waals surface area (Å²) in [4.78, 5) is 12.1. The first-order chi connectivity index (χ1) is 12.2. The van der Waals surface area contributed by atoms with Crippen LogP contribution in [0.3, 0.4) is 0 Å². The third-order valence-corrected chi connectivity index (χ3v) is 4.23. The zero-order valence-electron chi connectivity index (χ0n) is 13.6. The maximum atomic E-state index is 12.1. The second-order valence-electron chi connectivity index (χ2n) is 5.58. The quantitative estimate of drug-likeness (QED) is 0.640. The molecule has 0 unspecified atom stereocenters. The maximum Gasteiger partial charge on any atom is 0.244 e. The van der Waals surface area contributed by atoms with E-state index in [-0.39, 0.29) is 5.91 Å². The monoisotopic (exact) mass is 395 g/mol. The minimum atomic E-state index is -0.117. The summed E-state index contributed by atoms with van der Waals surface area (Å²) in [6, 6.07) is 17.8. The Balaban J connectivity index is 1.60. The van der Waals surface area contributed by atoms with Crippen molar-refractivity contribution in [3.8, 4) is 0 Å². The Labute approximate surface area is 155 Å².